The maximum Gasteiger partial charge on any atom is 0.434 e. The van der Waals surface area contributed by atoms with Gasteiger partial charge < -0.3 is 20.1 Å². The number of amides is 4. The molecule has 0 aliphatic heterocycles. The molecule has 0 atom stereocenters. The van der Waals surface area contributed by atoms with Crippen molar-refractivity contribution in [2.75, 3.05) is 32.8 Å². The molecule has 0 aliphatic carbocycles. The fraction of sp³-hybridized carbons (Fsp3) is 0.500. The highest BCUT2D eigenvalue weighted by atomic mass is 35.6. The number of ether oxygens (including phenoxy) is 2. The van der Waals surface area contributed by atoms with Gasteiger partial charge in [0.25, 0.3) is 0 Å². The summed E-state index contributed by atoms with van der Waals surface area (Å²) in [6.45, 7) is 6.02. The molecule has 0 aromatic heterocycles. The number of hydrogen-bond acceptors (Lipinski definition) is 8. The van der Waals surface area contributed by atoms with Gasteiger partial charge in [0.05, 0.1) is 6.54 Å². The minimum absolute atomic E-state index is 0.0413. The number of esters is 1. The largest absolute Gasteiger partial charge is 0.454 e. The Morgan fingerprint density at radius 3 is 1.64 bits per heavy atom. The number of halogens is 3. The Hall–Kier alpha value is -3.29. The van der Waals surface area contributed by atoms with E-state index in [-0.39, 0.29) is 32.3 Å². The molecule has 2 aromatic carbocycles. The molecule has 0 spiro atoms. The maximum absolute atomic E-state index is 12.6. The minimum Gasteiger partial charge on any atom is -0.454 e. The van der Waals surface area contributed by atoms with Crippen LogP contribution < -0.4 is 10.6 Å². The van der Waals surface area contributed by atoms with E-state index in [0.717, 1.165) is 16.2 Å². The molecule has 0 saturated carbocycles. The number of alkyl halides is 3. The van der Waals surface area contributed by atoms with Gasteiger partial charge in [-0.15, -0.1) is 0 Å². The zero-order valence-electron chi connectivity index (χ0n) is 26.8. The van der Waals surface area contributed by atoms with E-state index in [1.807, 2.05) is 60.7 Å². The van der Waals surface area contributed by atoms with Crippen LogP contribution in [0.2, 0.25) is 0 Å². The van der Waals surface area contributed by atoms with Crippen molar-refractivity contribution in [2.45, 2.75) is 69.1 Å². The predicted octanol–water partition coefficient (Wildman–Crippen LogP) is 6.09. The molecular weight excluding hydrogens is 675 g/mol. The predicted molar refractivity (Wildman–Crippen MR) is 178 cm³/mol. The molecule has 2 rings (SSSR count). The molecule has 15 heteroatoms. The number of unbranched alkanes of at least 4 members (excludes halogenated alkanes) is 2. The van der Waals surface area contributed by atoms with E-state index in [0.29, 0.717) is 38.8 Å². The fourth-order valence-corrected chi connectivity index (χ4v) is 3.90. The minimum atomic E-state index is -1.87. The van der Waals surface area contributed by atoms with E-state index >= 15 is 0 Å². The Morgan fingerprint density at radius 1 is 0.702 bits per heavy atom. The van der Waals surface area contributed by atoms with Crippen LogP contribution >= 0.6 is 34.8 Å². The standard InChI is InChI=1S/C32H43Cl3N4O8/c1-31(2,3)47-30(43)39(46-23-26-16-8-5-9-17-26)21-13-11-19-37-29(42)36-18-10-12-20-38(45-22-25-14-6-4-7-15-25)27(40)28(41)44-24-32(33,34)35/h4-9,14-17H,10-13,18-24H2,1-3H3,(H2,36,37,42). The third-order valence-corrected chi connectivity index (χ3v) is 6.30. The molecule has 0 unspecified atom stereocenters. The number of nitrogens with zero attached hydrogens (tertiary/aromatic N) is 2. The van der Waals surface area contributed by atoms with Crippen molar-refractivity contribution in [1.82, 2.24) is 20.8 Å². The molecule has 2 N–H and O–H groups in total. The SMILES string of the molecule is CC(C)(C)OC(=O)N(CCCCNC(=O)NCCCCN(OCc1ccccc1)C(=O)C(=O)OCC(Cl)(Cl)Cl)OCc1ccccc1. The van der Waals surface area contributed by atoms with E-state index < -0.39 is 34.0 Å². The van der Waals surface area contributed by atoms with E-state index in [2.05, 4.69) is 10.6 Å². The first-order valence-corrected chi connectivity index (χ1v) is 16.3. The molecule has 2 aromatic rings. The highest BCUT2D eigenvalue weighted by Gasteiger charge is 2.29. The van der Waals surface area contributed by atoms with Gasteiger partial charge >= 0.3 is 24.0 Å². The Balaban J connectivity index is 1.72. The van der Waals surface area contributed by atoms with Crippen molar-refractivity contribution in [3.63, 3.8) is 0 Å². The monoisotopic (exact) mass is 716 g/mol. The second-order valence-corrected chi connectivity index (χ2v) is 13.8. The molecule has 0 radical (unpaired) electrons. The molecule has 0 heterocycles. The summed E-state index contributed by atoms with van der Waals surface area (Å²) in [7, 11) is 0. The number of hydroxylamine groups is 4. The van der Waals surface area contributed by atoms with Crippen LogP contribution in [0.1, 0.15) is 57.6 Å². The first-order chi connectivity index (χ1) is 22.2. The Kier molecular flexibility index (Phi) is 17.7. The Bertz CT molecular complexity index is 1240. The molecule has 0 aliphatic rings. The Labute approximate surface area is 290 Å². The van der Waals surface area contributed by atoms with Gasteiger partial charge in [0.1, 0.15) is 25.4 Å². The average Bonchev–Trinajstić information content (AvgIpc) is 3.01. The first-order valence-electron chi connectivity index (χ1n) is 15.1. The highest BCUT2D eigenvalue weighted by Crippen LogP contribution is 2.26. The highest BCUT2D eigenvalue weighted by molar-refractivity contribution is 6.67. The fourth-order valence-electron chi connectivity index (χ4n) is 3.74. The summed E-state index contributed by atoms with van der Waals surface area (Å²) in [5.74, 6) is -2.27. The van der Waals surface area contributed by atoms with Crippen molar-refractivity contribution in [1.29, 1.82) is 0 Å². The van der Waals surface area contributed by atoms with E-state index in [1.54, 1.807) is 20.8 Å². The van der Waals surface area contributed by atoms with E-state index in [4.69, 9.17) is 54.0 Å². The molecule has 47 heavy (non-hydrogen) atoms. The molecule has 4 amide bonds. The van der Waals surface area contributed by atoms with Gasteiger partial charge in [0.15, 0.2) is 0 Å². The number of nitrogens with one attached hydrogen (secondary N) is 2. The number of rotatable bonds is 17. The second kappa shape index (κ2) is 20.8. The maximum atomic E-state index is 12.6. The van der Waals surface area contributed by atoms with Crippen LogP contribution in [0.15, 0.2) is 60.7 Å². The lowest BCUT2D eigenvalue weighted by Crippen LogP contribution is -2.40. The number of hydrogen-bond donors (Lipinski definition) is 2. The molecule has 0 fully saturated rings. The van der Waals surface area contributed by atoms with Gasteiger partial charge in [0, 0.05) is 19.6 Å². The third kappa shape index (κ3) is 18.6. The van der Waals surface area contributed by atoms with Crippen LogP contribution in [0.3, 0.4) is 0 Å². The second-order valence-electron chi connectivity index (χ2n) is 11.3. The van der Waals surface area contributed by atoms with Gasteiger partial charge in [-0.25, -0.2) is 19.4 Å². The lowest BCUT2D eigenvalue weighted by Gasteiger charge is -2.26. The van der Waals surface area contributed by atoms with Crippen LogP contribution in [0.5, 0.6) is 0 Å². The summed E-state index contributed by atoms with van der Waals surface area (Å²) in [6.07, 6.45) is 1.46. The van der Waals surface area contributed by atoms with Crippen LogP contribution in [-0.4, -0.2) is 76.3 Å². The summed E-state index contributed by atoms with van der Waals surface area (Å²) in [4.78, 5) is 61.1. The van der Waals surface area contributed by atoms with Crippen molar-refractivity contribution in [3.8, 4) is 0 Å². The molecule has 12 nitrogen and oxygen atoms in total. The third-order valence-electron chi connectivity index (χ3n) is 5.97. The molecule has 0 bridgehead atoms. The summed E-state index contributed by atoms with van der Waals surface area (Å²) in [5.41, 5.74) is 1.03. The number of carbonyl (C=O) groups is 4. The van der Waals surface area contributed by atoms with Crippen LogP contribution in [0.25, 0.3) is 0 Å². The topological polar surface area (TPSA) is 136 Å². The zero-order chi connectivity index (χ0) is 34.7. The quantitative estimate of drug-likeness (QED) is 0.0660. The summed E-state index contributed by atoms with van der Waals surface area (Å²) in [5, 5.41) is 7.62. The van der Waals surface area contributed by atoms with Crippen LogP contribution in [-0.2, 0) is 42.0 Å². The van der Waals surface area contributed by atoms with Gasteiger partial charge in [-0.1, -0.05) is 95.5 Å². The number of urea groups is 1. The van der Waals surface area contributed by atoms with Crippen molar-refractivity contribution >= 4 is 58.8 Å². The van der Waals surface area contributed by atoms with Crippen LogP contribution in [0, 0.1) is 0 Å². The lowest BCUT2D eigenvalue weighted by atomic mass is 10.2. The smallest absolute Gasteiger partial charge is 0.434 e. The first kappa shape index (κ1) is 39.9. The van der Waals surface area contributed by atoms with Crippen molar-refractivity contribution < 1.29 is 38.3 Å². The molecular formula is C32H43Cl3N4O8. The van der Waals surface area contributed by atoms with E-state index in [9.17, 15) is 19.2 Å². The lowest BCUT2D eigenvalue weighted by molar-refractivity contribution is -0.199. The van der Waals surface area contributed by atoms with Gasteiger partial charge in [-0.3, -0.25) is 14.5 Å². The Morgan fingerprint density at radius 2 is 1.17 bits per heavy atom. The summed E-state index contributed by atoms with van der Waals surface area (Å²) >= 11 is 16.8. The normalized spacial score (nSPS) is 11.4. The van der Waals surface area contributed by atoms with Gasteiger partial charge in [-0.2, -0.15) is 5.06 Å². The molecule has 260 valence electrons. The van der Waals surface area contributed by atoms with Crippen molar-refractivity contribution in [3.05, 3.63) is 71.8 Å². The summed E-state index contributed by atoms with van der Waals surface area (Å²) < 4.78 is 8.38. The van der Waals surface area contributed by atoms with Crippen molar-refractivity contribution in [2.24, 2.45) is 0 Å². The van der Waals surface area contributed by atoms with E-state index in [1.165, 1.54) is 5.06 Å². The van der Waals surface area contributed by atoms with Gasteiger partial charge in [0.2, 0.25) is 3.79 Å². The summed E-state index contributed by atoms with van der Waals surface area (Å²) in [6, 6.07) is 18.2. The van der Waals surface area contributed by atoms with Gasteiger partial charge in [-0.05, 0) is 57.6 Å². The average molecular weight is 718 g/mol. The zero-order valence-corrected chi connectivity index (χ0v) is 29.1. The van der Waals surface area contributed by atoms with Crippen LogP contribution in [0.4, 0.5) is 9.59 Å². The number of benzene rings is 2. The molecule has 0 saturated heterocycles. The number of carbonyl (C=O) groups excluding carboxylic acids is 4.